The van der Waals surface area contributed by atoms with Crippen LogP contribution in [0.15, 0.2) is 34.7 Å². The van der Waals surface area contributed by atoms with Gasteiger partial charge in [0, 0.05) is 6.21 Å². The van der Waals surface area contributed by atoms with Crippen molar-refractivity contribution < 1.29 is 43.7 Å². The van der Waals surface area contributed by atoms with E-state index < -0.39 is 34.3 Å². The first-order valence-electron chi connectivity index (χ1n) is 5.46. The second kappa shape index (κ2) is 6.13. The molecule has 0 spiro atoms. The first-order chi connectivity index (χ1) is 10.2. The third-order valence-corrected chi connectivity index (χ3v) is 3.42. The maximum absolute atomic E-state index is 13.2. The summed E-state index contributed by atoms with van der Waals surface area (Å²) in [4.78, 5) is 0. The summed E-state index contributed by atoms with van der Waals surface area (Å²) in [5.41, 5.74) is -0.0115. The minimum atomic E-state index is -7.10. The fourth-order valence-electron chi connectivity index (χ4n) is 1.18. The van der Waals surface area contributed by atoms with E-state index in [4.69, 9.17) is 0 Å². The van der Waals surface area contributed by atoms with Gasteiger partial charge in [-0.1, -0.05) is 30.3 Å². The van der Waals surface area contributed by atoms with Gasteiger partial charge < -0.3 is 0 Å². The van der Waals surface area contributed by atoms with Gasteiger partial charge in [0.2, 0.25) is 11.0 Å². The van der Waals surface area contributed by atoms with Crippen LogP contribution in [0.1, 0.15) is 5.56 Å². The molecule has 0 bridgehead atoms. The van der Waals surface area contributed by atoms with Crippen LogP contribution in [0.5, 0.6) is 0 Å². The molecule has 1 aromatic carbocycles. The highest BCUT2D eigenvalue weighted by molar-refractivity contribution is 7.85. The van der Waals surface area contributed by atoms with Gasteiger partial charge in [-0.05, 0) is 5.56 Å². The van der Waals surface area contributed by atoms with Crippen LogP contribution in [0, 0.1) is 0 Å². The summed E-state index contributed by atoms with van der Waals surface area (Å²) in [6.07, 6.45) is -6.58. The third kappa shape index (κ3) is 3.51. The van der Waals surface area contributed by atoms with Crippen LogP contribution in [-0.4, -0.2) is 33.7 Å². The highest BCUT2D eigenvalue weighted by Gasteiger charge is 2.83. The maximum Gasteiger partial charge on any atom is 0.460 e. The Hall–Kier alpha value is -1.59. The van der Waals surface area contributed by atoms with Crippen molar-refractivity contribution in [1.82, 2.24) is 0 Å². The molecule has 1 rings (SSSR count). The smallest absolute Gasteiger partial charge is 0.228 e. The molecule has 0 aliphatic carbocycles. The van der Waals surface area contributed by atoms with Crippen molar-refractivity contribution in [3.8, 4) is 0 Å². The van der Waals surface area contributed by atoms with Gasteiger partial charge in [-0.15, -0.1) is 0 Å². The molecule has 23 heavy (non-hydrogen) atoms. The quantitative estimate of drug-likeness (QED) is 0.564. The molecule has 130 valence electrons. The van der Waals surface area contributed by atoms with Crippen molar-refractivity contribution in [2.75, 3.05) is 0 Å². The van der Waals surface area contributed by atoms with E-state index in [0.717, 1.165) is 0 Å². The number of rotatable bonds is 5. The highest BCUT2D eigenvalue weighted by Crippen LogP contribution is 2.54. The van der Waals surface area contributed by atoms with Gasteiger partial charge in [-0.2, -0.15) is 43.9 Å². The first kappa shape index (κ1) is 19.5. The zero-order valence-electron chi connectivity index (χ0n) is 10.6. The van der Waals surface area contributed by atoms with Crippen LogP contribution >= 0.6 is 0 Å². The predicted molar refractivity (Wildman–Crippen MR) is 63.1 cm³/mol. The summed E-state index contributed by atoms with van der Waals surface area (Å²) < 4.78 is 127. The fraction of sp³-hybridized carbons (Fsp3) is 0.364. The lowest BCUT2D eigenvalue weighted by atomic mass is 10.1. The SMILES string of the molecule is O=S(/N=C/c1ccccc1)C(F)(F)C(F)(F)C(F)(F)C(F)(F)F. The molecule has 1 unspecified atom stereocenters. The molecule has 1 aromatic rings. The van der Waals surface area contributed by atoms with Crippen LogP contribution in [0.3, 0.4) is 0 Å². The van der Waals surface area contributed by atoms with Crippen LogP contribution < -0.4 is 0 Å². The first-order valence-corrected chi connectivity index (χ1v) is 6.57. The Labute approximate surface area is 125 Å². The number of benzene rings is 1. The van der Waals surface area contributed by atoms with Gasteiger partial charge in [0.15, 0.2) is 0 Å². The lowest BCUT2D eigenvalue weighted by Crippen LogP contribution is -2.61. The second-order valence-corrected chi connectivity index (χ2v) is 5.28. The molecular weight excluding hydrogens is 365 g/mol. The van der Waals surface area contributed by atoms with E-state index in [1.54, 1.807) is 0 Å². The maximum atomic E-state index is 13.2. The average molecular weight is 371 g/mol. The van der Waals surface area contributed by atoms with E-state index in [0.29, 0.717) is 6.21 Å². The van der Waals surface area contributed by atoms with Crippen molar-refractivity contribution in [2.45, 2.75) is 23.3 Å². The van der Waals surface area contributed by atoms with Gasteiger partial charge in [0.25, 0.3) is 0 Å². The third-order valence-electron chi connectivity index (χ3n) is 2.43. The Bertz CT molecular complexity index is 597. The van der Waals surface area contributed by atoms with E-state index >= 15 is 0 Å². The van der Waals surface area contributed by atoms with Gasteiger partial charge in [0.1, 0.15) is 0 Å². The molecule has 0 aliphatic heterocycles. The monoisotopic (exact) mass is 371 g/mol. The molecule has 0 aliphatic rings. The van der Waals surface area contributed by atoms with Crippen molar-refractivity contribution >= 4 is 17.2 Å². The van der Waals surface area contributed by atoms with E-state index in [-0.39, 0.29) is 5.56 Å². The number of hydrogen-bond donors (Lipinski definition) is 0. The number of halogens is 9. The molecular formula is C11H6F9NOS. The number of nitrogens with zero attached hydrogens (tertiary/aromatic N) is 1. The van der Waals surface area contributed by atoms with E-state index in [1.165, 1.54) is 30.3 Å². The second-order valence-electron chi connectivity index (χ2n) is 4.06. The van der Waals surface area contributed by atoms with Gasteiger partial charge in [0.05, 0.1) is 0 Å². The minimum absolute atomic E-state index is 0.0115. The normalized spacial score (nSPS) is 15.9. The minimum Gasteiger partial charge on any atom is -0.228 e. The fourth-order valence-corrected chi connectivity index (χ4v) is 1.88. The number of hydrogen-bond acceptors (Lipinski definition) is 1. The molecule has 0 radical (unpaired) electrons. The summed E-state index contributed by atoms with van der Waals surface area (Å²) in [6.45, 7) is 0. The lowest BCUT2D eigenvalue weighted by molar-refractivity contribution is -0.381. The topological polar surface area (TPSA) is 29.4 Å². The summed E-state index contributed by atoms with van der Waals surface area (Å²) in [5.74, 6) is -14.1. The zero-order chi connectivity index (χ0) is 18.1. The summed E-state index contributed by atoms with van der Waals surface area (Å²) >= 11 is 0. The molecule has 0 heterocycles. The lowest BCUT2D eigenvalue weighted by Gasteiger charge is -2.31. The van der Waals surface area contributed by atoms with E-state index in [2.05, 4.69) is 4.40 Å². The Morgan fingerprint density at radius 1 is 0.826 bits per heavy atom. The summed E-state index contributed by atoms with van der Waals surface area (Å²) in [7, 11) is -4.38. The van der Waals surface area contributed by atoms with Gasteiger partial charge in [-0.25, -0.2) is 4.21 Å². The molecule has 1 atom stereocenters. The standard InChI is InChI=1S/C11H6F9NOS/c12-8(13,10(16,17)18)9(14,15)11(19,20)23(22)21-6-7-4-2-1-3-5-7/h1-6H/b21-6+. The Morgan fingerprint density at radius 2 is 1.30 bits per heavy atom. The van der Waals surface area contributed by atoms with Crippen LogP contribution in [0.2, 0.25) is 0 Å². The number of alkyl halides is 9. The molecule has 2 nitrogen and oxygen atoms in total. The van der Waals surface area contributed by atoms with Gasteiger partial charge >= 0.3 is 23.3 Å². The largest absolute Gasteiger partial charge is 0.460 e. The van der Waals surface area contributed by atoms with Crippen LogP contribution in [0.4, 0.5) is 39.5 Å². The van der Waals surface area contributed by atoms with E-state index in [9.17, 15) is 43.7 Å². The molecule has 0 aromatic heterocycles. The molecule has 0 fully saturated rings. The van der Waals surface area contributed by atoms with Crippen molar-refractivity contribution in [2.24, 2.45) is 4.40 Å². The molecule has 0 amide bonds. The Balaban J connectivity index is 3.14. The van der Waals surface area contributed by atoms with Crippen LogP contribution in [-0.2, 0) is 11.0 Å². The zero-order valence-corrected chi connectivity index (χ0v) is 11.4. The molecule has 0 saturated heterocycles. The van der Waals surface area contributed by atoms with Crippen LogP contribution in [0.25, 0.3) is 0 Å². The van der Waals surface area contributed by atoms with Crippen molar-refractivity contribution in [1.29, 1.82) is 0 Å². The predicted octanol–water partition coefficient (Wildman–Crippen LogP) is 4.19. The van der Waals surface area contributed by atoms with Crippen molar-refractivity contribution in [3.05, 3.63) is 35.9 Å². The summed E-state index contributed by atoms with van der Waals surface area (Å²) in [5, 5.41) is -6.25. The molecule has 0 saturated carbocycles. The van der Waals surface area contributed by atoms with Crippen molar-refractivity contribution in [3.63, 3.8) is 0 Å². The average Bonchev–Trinajstić information content (AvgIpc) is 2.44. The Kier molecular flexibility index (Phi) is 5.19. The Morgan fingerprint density at radius 3 is 1.74 bits per heavy atom. The highest BCUT2D eigenvalue weighted by atomic mass is 32.2. The summed E-state index contributed by atoms with van der Waals surface area (Å²) in [6, 6.07) is 6.60. The van der Waals surface area contributed by atoms with Gasteiger partial charge in [-0.3, -0.25) is 0 Å². The molecule has 12 heteroatoms. The molecule has 0 N–H and O–H groups in total. The van der Waals surface area contributed by atoms with E-state index in [1.807, 2.05) is 0 Å².